The summed E-state index contributed by atoms with van der Waals surface area (Å²) in [5.74, 6) is 0.122. The van der Waals surface area contributed by atoms with Crippen molar-refractivity contribution in [3.8, 4) is 0 Å². The van der Waals surface area contributed by atoms with E-state index in [1.807, 2.05) is 0 Å². The van der Waals surface area contributed by atoms with Gasteiger partial charge in [-0.2, -0.15) is 0 Å². The van der Waals surface area contributed by atoms with Gasteiger partial charge in [0.1, 0.15) is 0 Å². The van der Waals surface area contributed by atoms with E-state index in [-0.39, 0.29) is 23.7 Å². The van der Waals surface area contributed by atoms with Crippen LogP contribution in [0.3, 0.4) is 0 Å². The molecule has 2 heterocycles. The van der Waals surface area contributed by atoms with Crippen LogP contribution in [0.5, 0.6) is 0 Å². The number of anilines is 1. The van der Waals surface area contributed by atoms with Crippen LogP contribution in [0.15, 0.2) is 53.3 Å². The van der Waals surface area contributed by atoms with E-state index in [4.69, 9.17) is 5.73 Å². The number of hydrogen-bond donors (Lipinski definition) is 1. The molecule has 9 heteroatoms. The summed E-state index contributed by atoms with van der Waals surface area (Å²) in [7, 11) is 0. The highest BCUT2D eigenvalue weighted by molar-refractivity contribution is 5.81. The fourth-order valence-electron chi connectivity index (χ4n) is 2.81. The first kappa shape index (κ1) is 14.8. The van der Waals surface area contributed by atoms with E-state index in [0.29, 0.717) is 16.6 Å². The molecule has 2 N–H and O–H groups in total. The van der Waals surface area contributed by atoms with Gasteiger partial charge in [-0.25, -0.2) is 18.9 Å². The molecule has 0 aliphatic carbocycles. The van der Waals surface area contributed by atoms with Crippen molar-refractivity contribution in [2.45, 2.75) is 6.54 Å². The van der Waals surface area contributed by atoms with E-state index in [9.17, 15) is 14.9 Å². The Kier molecular flexibility index (Phi) is 3.21. The second-order valence-electron chi connectivity index (χ2n) is 5.47. The average Bonchev–Trinajstić information content (AvgIpc) is 2.93. The molecule has 4 aromatic rings. The minimum Gasteiger partial charge on any atom is -0.381 e. The van der Waals surface area contributed by atoms with Crippen molar-refractivity contribution in [2.75, 3.05) is 5.73 Å². The van der Waals surface area contributed by atoms with Gasteiger partial charge in [-0.15, -0.1) is 5.10 Å². The Labute approximate surface area is 140 Å². The van der Waals surface area contributed by atoms with Crippen LogP contribution >= 0.6 is 0 Å². The predicted molar refractivity (Wildman–Crippen MR) is 91.4 cm³/mol. The summed E-state index contributed by atoms with van der Waals surface area (Å²) >= 11 is 0. The minimum atomic E-state index is -0.485. The third-order valence-corrected chi connectivity index (χ3v) is 3.94. The lowest BCUT2D eigenvalue weighted by Gasteiger charge is -2.01. The van der Waals surface area contributed by atoms with Crippen LogP contribution in [0.25, 0.3) is 16.7 Å². The molecule has 0 bridgehead atoms. The average molecular weight is 336 g/mol. The van der Waals surface area contributed by atoms with Crippen LogP contribution < -0.4 is 11.4 Å². The molecule has 124 valence electrons. The van der Waals surface area contributed by atoms with Crippen molar-refractivity contribution in [3.05, 3.63) is 74.7 Å². The standard InChI is InChI=1S/C16H12N6O3/c17-14-15-19-20(9-10-5-1-3-7-12(10)22(24)25)16(23)21(15)13-8-4-2-6-11(13)18-14/h1-8H,9H2,(H2,17,18). The second kappa shape index (κ2) is 5.41. The molecule has 9 nitrogen and oxygen atoms in total. The zero-order valence-corrected chi connectivity index (χ0v) is 12.9. The summed E-state index contributed by atoms with van der Waals surface area (Å²) in [5.41, 5.74) is 7.17. The number of rotatable bonds is 3. The Morgan fingerprint density at radius 3 is 2.64 bits per heavy atom. The van der Waals surface area contributed by atoms with Crippen molar-refractivity contribution >= 4 is 28.2 Å². The highest BCUT2D eigenvalue weighted by Gasteiger charge is 2.18. The largest absolute Gasteiger partial charge is 0.381 e. The lowest BCUT2D eigenvalue weighted by Crippen LogP contribution is -2.22. The summed E-state index contributed by atoms with van der Waals surface area (Å²) in [6, 6.07) is 13.3. The van der Waals surface area contributed by atoms with E-state index in [0.717, 1.165) is 4.68 Å². The fourth-order valence-corrected chi connectivity index (χ4v) is 2.81. The van der Waals surface area contributed by atoms with Crippen molar-refractivity contribution < 1.29 is 4.92 Å². The third-order valence-electron chi connectivity index (χ3n) is 3.94. The molecular formula is C16H12N6O3. The lowest BCUT2D eigenvalue weighted by atomic mass is 10.2. The molecule has 0 aliphatic rings. The van der Waals surface area contributed by atoms with E-state index in [2.05, 4.69) is 10.1 Å². The summed E-state index contributed by atoms with van der Waals surface area (Å²) in [5, 5.41) is 15.4. The van der Waals surface area contributed by atoms with Gasteiger partial charge < -0.3 is 5.73 Å². The number of fused-ring (bicyclic) bond motifs is 3. The molecule has 2 aromatic carbocycles. The Morgan fingerprint density at radius 2 is 1.84 bits per heavy atom. The van der Waals surface area contributed by atoms with Gasteiger partial charge in [0.15, 0.2) is 5.82 Å². The molecule has 0 unspecified atom stereocenters. The van der Waals surface area contributed by atoms with Gasteiger partial charge in [0, 0.05) is 6.07 Å². The van der Waals surface area contributed by atoms with E-state index < -0.39 is 10.6 Å². The van der Waals surface area contributed by atoms with Crippen molar-refractivity contribution in [1.29, 1.82) is 0 Å². The van der Waals surface area contributed by atoms with E-state index in [1.54, 1.807) is 42.5 Å². The Bertz CT molecular complexity index is 1190. The summed E-state index contributed by atoms with van der Waals surface area (Å²) in [6.07, 6.45) is 0. The van der Waals surface area contributed by atoms with Crippen molar-refractivity contribution in [2.24, 2.45) is 0 Å². The van der Waals surface area contributed by atoms with Gasteiger partial charge in [-0.3, -0.25) is 10.1 Å². The van der Waals surface area contributed by atoms with E-state index in [1.165, 1.54) is 10.5 Å². The first-order valence-electron chi connectivity index (χ1n) is 7.42. The van der Waals surface area contributed by atoms with Crippen molar-refractivity contribution in [3.63, 3.8) is 0 Å². The van der Waals surface area contributed by atoms with Gasteiger partial charge in [0.2, 0.25) is 5.65 Å². The summed E-state index contributed by atoms with van der Waals surface area (Å²) in [6.45, 7) is -0.0363. The first-order valence-corrected chi connectivity index (χ1v) is 7.42. The smallest absolute Gasteiger partial charge is 0.351 e. The lowest BCUT2D eigenvalue weighted by molar-refractivity contribution is -0.385. The maximum absolute atomic E-state index is 12.8. The molecule has 0 saturated carbocycles. The minimum absolute atomic E-state index is 0.0363. The molecule has 0 amide bonds. The van der Waals surface area contributed by atoms with E-state index >= 15 is 0 Å². The number of nitrogens with zero attached hydrogens (tertiary/aromatic N) is 5. The fraction of sp³-hybridized carbons (Fsp3) is 0.0625. The third kappa shape index (κ3) is 2.29. The van der Waals surface area contributed by atoms with Gasteiger partial charge in [-0.05, 0) is 12.1 Å². The van der Waals surface area contributed by atoms with Crippen LogP contribution in [-0.4, -0.2) is 24.1 Å². The second-order valence-corrected chi connectivity index (χ2v) is 5.47. The first-order chi connectivity index (χ1) is 12.1. The van der Waals surface area contributed by atoms with Crippen LogP contribution in [0.2, 0.25) is 0 Å². The van der Waals surface area contributed by atoms with Gasteiger partial charge in [-0.1, -0.05) is 30.3 Å². The quantitative estimate of drug-likeness (QED) is 0.448. The monoisotopic (exact) mass is 336 g/mol. The van der Waals surface area contributed by atoms with Crippen molar-refractivity contribution in [1.82, 2.24) is 19.2 Å². The Hall–Kier alpha value is -3.75. The number of benzene rings is 2. The maximum Gasteiger partial charge on any atom is 0.351 e. The number of hydrogen-bond acceptors (Lipinski definition) is 6. The summed E-state index contributed by atoms with van der Waals surface area (Å²) in [4.78, 5) is 27.7. The Balaban J connectivity index is 1.95. The maximum atomic E-state index is 12.8. The van der Waals surface area contributed by atoms with Crippen LogP contribution in [0, 0.1) is 10.1 Å². The van der Waals surface area contributed by atoms with Gasteiger partial charge in [0.25, 0.3) is 5.69 Å². The molecule has 0 fully saturated rings. The van der Waals surface area contributed by atoms with Crippen LogP contribution in [0.4, 0.5) is 11.5 Å². The molecule has 2 aromatic heterocycles. The topological polar surface area (TPSA) is 121 Å². The highest BCUT2D eigenvalue weighted by atomic mass is 16.6. The molecule has 0 atom stereocenters. The predicted octanol–water partition coefficient (Wildman–Crippen LogP) is 1.58. The zero-order valence-electron chi connectivity index (χ0n) is 12.9. The Morgan fingerprint density at radius 1 is 1.12 bits per heavy atom. The number of aromatic nitrogens is 4. The molecule has 0 radical (unpaired) electrons. The molecule has 0 aliphatic heterocycles. The molecule has 0 saturated heterocycles. The highest BCUT2D eigenvalue weighted by Crippen LogP contribution is 2.20. The van der Waals surface area contributed by atoms with Gasteiger partial charge >= 0.3 is 5.69 Å². The number of nitrogens with two attached hydrogens (primary N) is 1. The van der Waals surface area contributed by atoms with Crippen LogP contribution in [0.1, 0.15) is 5.56 Å². The zero-order chi connectivity index (χ0) is 17.6. The normalized spacial score (nSPS) is 11.2. The molecule has 4 rings (SSSR count). The molecule has 25 heavy (non-hydrogen) atoms. The SMILES string of the molecule is Nc1nc2ccccc2n2c(=O)n(Cc3ccccc3[N+](=O)[O-])nc12. The molecule has 0 spiro atoms. The number of nitro groups is 1. The summed E-state index contributed by atoms with van der Waals surface area (Å²) < 4.78 is 2.52. The van der Waals surface area contributed by atoms with Crippen LogP contribution in [-0.2, 0) is 6.54 Å². The van der Waals surface area contributed by atoms with Gasteiger partial charge in [0.05, 0.1) is 28.1 Å². The number of nitro benzene ring substituents is 1. The molecular weight excluding hydrogens is 324 g/mol. The number of nitrogen functional groups attached to an aromatic ring is 1. The number of para-hydroxylation sites is 3.